The first-order valence-corrected chi connectivity index (χ1v) is 16.8. The second kappa shape index (κ2) is 12.7. The van der Waals surface area contributed by atoms with Gasteiger partial charge in [-0.1, -0.05) is 85.0 Å². The third kappa shape index (κ3) is 5.41. The molecule has 6 atom stereocenters. The molecule has 3 fully saturated rings. The summed E-state index contributed by atoms with van der Waals surface area (Å²) in [5, 5.41) is 10.6. The largest absolute Gasteiger partial charge is 0.394 e. The van der Waals surface area contributed by atoms with Crippen LogP contribution < -0.4 is 0 Å². The molecule has 0 bridgehead atoms. The maximum atomic E-state index is 14.8. The molecule has 1 unspecified atom stereocenters. The van der Waals surface area contributed by atoms with Gasteiger partial charge in [0.05, 0.1) is 42.4 Å². The van der Waals surface area contributed by atoms with Gasteiger partial charge in [0, 0.05) is 51.1 Å². The third-order valence-electron chi connectivity index (χ3n) is 9.96. The summed E-state index contributed by atoms with van der Waals surface area (Å²) >= 11 is 1.58. The SMILES string of the molecule is O=C1C2N([C@H](CO)c3ccccc3)C(=O)[C@@H]3[C@H]4C(=O)N(Cc5ccccc5)CC=C[C@H]4S[C@]23C=CCN1CCN1CCOCC1. The van der Waals surface area contributed by atoms with E-state index < -0.39 is 28.7 Å². The molecule has 0 radical (unpaired) electrons. The average molecular weight is 629 g/mol. The number of morpholine rings is 1. The second-order valence-electron chi connectivity index (χ2n) is 12.5. The summed E-state index contributed by atoms with van der Waals surface area (Å²) in [4.78, 5) is 51.6. The van der Waals surface area contributed by atoms with Crippen molar-refractivity contribution in [1.82, 2.24) is 19.6 Å². The summed E-state index contributed by atoms with van der Waals surface area (Å²) in [5.74, 6) is -1.78. The van der Waals surface area contributed by atoms with Gasteiger partial charge in [-0.3, -0.25) is 19.3 Å². The summed E-state index contributed by atoms with van der Waals surface area (Å²) < 4.78 is 4.57. The van der Waals surface area contributed by atoms with Crippen molar-refractivity contribution in [3.8, 4) is 0 Å². The number of likely N-dealkylation sites (tertiary alicyclic amines) is 1. The molecule has 2 aromatic carbocycles. The van der Waals surface area contributed by atoms with Crippen LogP contribution in [0.25, 0.3) is 0 Å². The molecule has 2 aromatic rings. The highest BCUT2D eigenvalue weighted by atomic mass is 32.2. The number of hydrogen-bond donors (Lipinski definition) is 1. The van der Waals surface area contributed by atoms with Crippen LogP contribution in [0.1, 0.15) is 17.2 Å². The summed E-state index contributed by atoms with van der Waals surface area (Å²) in [7, 11) is 0. The number of amides is 3. The van der Waals surface area contributed by atoms with Crippen LogP contribution in [0.3, 0.4) is 0 Å². The highest BCUT2D eigenvalue weighted by molar-refractivity contribution is 8.02. The Morgan fingerprint density at radius 2 is 1.58 bits per heavy atom. The first-order valence-electron chi connectivity index (χ1n) is 15.9. The van der Waals surface area contributed by atoms with Crippen molar-refractivity contribution in [3.05, 3.63) is 96.1 Å². The minimum Gasteiger partial charge on any atom is -0.394 e. The Morgan fingerprint density at radius 1 is 0.867 bits per heavy atom. The van der Waals surface area contributed by atoms with Crippen LogP contribution >= 0.6 is 11.8 Å². The van der Waals surface area contributed by atoms with Crippen LogP contribution in [0, 0.1) is 11.8 Å². The molecular weight excluding hydrogens is 588 g/mol. The van der Waals surface area contributed by atoms with Gasteiger partial charge in [0.2, 0.25) is 17.7 Å². The monoisotopic (exact) mass is 628 g/mol. The molecule has 0 aliphatic carbocycles. The molecule has 45 heavy (non-hydrogen) atoms. The molecule has 0 aromatic heterocycles. The molecule has 0 saturated carbocycles. The highest BCUT2D eigenvalue weighted by Crippen LogP contribution is 2.62. The Bertz CT molecular complexity index is 1460. The van der Waals surface area contributed by atoms with Gasteiger partial charge in [-0.05, 0) is 11.1 Å². The molecule has 10 heteroatoms. The first kappa shape index (κ1) is 30.2. The fourth-order valence-electron chi connectivity index (χ4n) is 7.77. The number of thioether (sulfide) groups is 1. The summed E-state index contributed by atoms with van der Waals surface area (Å²) in [6.45, 7) is 5.29. The van der Waals surface area contributed by atoms with Gasteiger partial charge in [-0.25, -0.2) is 0 Å². The lowest BCUT2D eigenvalue weighted by Crippen LogP contribution is -2.55. The number of hydrogen-bond acceptors (Lipinski definition) is 7. The second-order valence-corrected chi connectivity index (χ2v) is 14.0. The number of aliphatic hydroxyl groups is 1. The van der Waals surface area contributed by atoms with Crippen molar-refractivity contribution in [2.45, 2.75) is 28.6 Å². The molecule has 5 heterocycles. The maximum Gasteiger partial charge on any atom is 0.247 e. The zero-order chi connectivity index (χ0) is 31.0. The molecule has 5 aliphatic heterocycles. The fraction of sp³-hybridized carbons (Fsp3) is 0.457. The first-order chi connectivity index (χ1) is 22.0. The van der Waals surface area contributed by atoms with E-state index in [-0.39, 0.29) is 29.6 Å². The van der Waals surface area contributed by atoms with Crippen LogP contribution in [0.2, 0.25) is 0 Å². The Balaban J connectivity index is 1.26. The van der Waals surface area contributed by atoms with E-state index in [1.165, 1.54) is 0 Å². The molecule has 3 amide bonds. The van der Waals surface area contributed by atoms with E-state index in [4.69, 9.17) is 4.74 Å². The van der Waals surface area contributed by atoms with Crippen LogP contribution in [-0.2, 0) is 25.7 Å². The van der Waals surface area contributed by atoms with Crippen LogP contribution in [0.4, 0.5) is 0 Å². The Morgan fingerprint density at radius 3 is 2.31 bits per heavy atom. The molecule has 1 spiro atoms. The van der Waals surface area contributed by atoms with Crippen molar-refractivity contribution in [1.29, 1.82) is 0 Å². The van der Waals surface area contributed by atoms with Gasteiger partial charge in [0.1, 0.15) is 6.04 Å². The van der Waals surface area contributed by atoms with Crippen molar-refractivity contribution >= 4 is 29.5 Å². The summed E-state index contributed by atoms with van der Waals surface area (Å²) in [6.07, 6.45) is 8.17. The van der Waals surface area contributed by atoms with Gasteiger partial charge >= 0.3 is 0 Å². The molecule has 236 valence electrons. The van der Waals surface area contributed by atoms with Gasteiger partial charge in [-0.15, -0.1) is 11.8 Å². The molecule has 3 saturated heterocycles. The number of benzene rings is 2. The molecule has 7 rings (SSSR count). The van der Waals surface area contributed by atoms with Crippen LogP contribution in [0.5, 0.6) is 0 Å². The summed E-state index contributed by atoms with van der Waals surface area (Å²) in [5.41, 5.74) is 1.80. The lowest BCUT2D eigenvalue weighted by molar-refractivity contribution is -0.147. The zero-order valence-corrected chi connectivity index (χ0v) is 26.1. The van der Waals surface area contributed by atoms with E-state index in [0.717, 1.165) is 30.8 Å². The third-order valence-corrected chi connectivity index (χ3v) is 11.7. The van der Waals surface area contributed by atoms with Crippen LogP contribution in [0.15, 0.2) is 85.0 Å². The minimum absolute atomic E-state index is 0.0632. The van der Waals surface area contributed by atoms with E-state index in [0.29, 0.717) is 39.4 Å². The van der Waals surface area contributed by atoms with E-state index in [2.05, 4.69) is 11.0 Å². The predicted octanol–water partition coefficient (Wildman–Crippen LogP) is 2.35. The van der Waals surface area contributed by atoms with Crippen molar-refractivity contribution in [2.24, 2.45) is 11.8 Å². The number of nitrogens with zero attached hydrogens (tertiary/aromatic N) is 4. The van der Waals surface area contributed by atoms with Crippen molar-refractivity contribution in [3.63, 3.8) is 0 Å². The molecular formula is C35H40N4O5S. The van der Waals surface area contributed by atoms with E-state index in [1.54, 1.807) is 16.7 Å². The Kier molecular flexibility index (Phi) is 8.56. The number of aliphatic hydroxyl groups excluding tert-OH is 1. The van der Waals surface area contributed by atoms with Crippen LogP contribution in [-0.4, -0.2) is 118 Å². The number of carbonyl (C=O) groups is 3. The number of carbonyl (C=O) groups excluding carboxylic acids is 3. The van der Waals surface area contributed by atoms with E-state index >= 15 is 0 Å². The van der Waals surface area contributed by atoms with Crippen molar-refractivity contribution in [2.75, 3.05) is 59.1 Å². The van der Waals surface area contributed by atoms with Gasteiger partial charge in [0.15, 0.2) is 0 Å². The standard InChI is InChI=1S/C35H40N4O5S/c40-24-27(26-11-5-2-6-12-26)39-31-34(43)37(18-17-36-19-21-44-22-20-36)16-8-14-35(31)30(33(39)42)29-28(45-35)13-7-15-38(32(29)41)23-25-9-3-1-4-10-25/h1-14,27-31,40H,15-24H2/t27-,28-,29+,30+,31?,35+/m1/s1. The maximum absolute atomic E-state index is 14.8. The topological polar surface area (TPSA) is 93.6 Å². The molecule has 5 aliphatic rings. The van der Waals surface area contributed by atoms with E-state index in [1.807, 2.05) is 88.7 Å². The lowest BCUT2D eigenvalue weighted by Gasteiger charge is -2.39. The summed E-state index contributed by atoms with van der Waals surface area (Å²) in [6, 6.07) is 17.8. The lowest BCUT2D eigenvalue weighted by atomic mass is 9.78. The molecule has 9 nitrogen and oxygen atoms in total. The number of ether oxygens (including phenoxy) is 1. The highest BCUT2D eigenvalue weighted by Gasteiger charge is 2.71. The fourth-order valence-corrected chi connectivity index (χ4v) is 9.77. The van der Waals surface area contributed by atoms with Gasteiger partial charge < -0.3 is 24.5 Å². The van der Waals surface area contributed by atoms with E-state index in [9.17, 15) is 19.5 Å². The number of rotatable bonds is 8. The van der Waals surface area contributed by atoms with Crippen molar-refractivity contribution < 1.29 is 24.2 Å². The smallest absolute Gasteiger partial charge is 0.247 e. The minimum atomic E-state index is -0.935. The average Bonchev–Trinajstić information content (AvgIpc) is 3.40. The normalized spacial score (nSPS) is 30.6. The Labute approximate surface area is 268 Å². The quantitative estimate of drug-likeness (QED) is 0.449. The number of fused-ring (bicyclic) bond motifs is 2. The van der Waals surface area contributed by atoms with Gasteiger partial charge in [-0.2, -0.15) is 0 Å². The predicted molar refractivity (Wildman–Crippen MR) is 172 cm³/mol. The zero-order valence-electron chi connectivity index (χ0n) is 25.3. The Hall–Kier alpha value is -3.44. The molecule has 1 N–H and O–H groups in total. The van der Waals surface area contributed by atoms with Gasteiger partial charge in [0.25, 0.3) is 0 Å².